The van der Waals surface area contributed by atoms with Gasteiger partial charge in [-0.1, -0.05) is 23.5 Å². The lowest BCUT2D eigenvalue weighted by molar-refractivity contribution is 0.0955. The number of nitrogens with two attached hydrogens (primary N) is 1. The Bertz CT molecular complexity index is 595. The van der Waals surface area contributed by atoms with Crippen LogP contribution in [0, 0.1) is 0 Å². The number of anilines is 2. The van der Waals surface area contributed by atoms with E-state index in [1.165, 1.54) is 11.3 Å². The number of hydrogen-bond acceptors (Lipinski definition) is 6. The number of aromatic nitrogens is 1. The first-order valence-electron chi connectivity index (χ1n) is 5.99. The van der Waals surface area contributed by atoms with Crippen molar-refractivity contribution in [2.24, 2.45) is 0 Å². The predicted molar refractivity (Wildman–Crippen MR) is 80.2 cm³/mol. The fourth-order valence-electron chi connectivity index (χ4n) is 1.61. The van der Waals surface area contributed by atoms with Gasteiger partial charge in [-0.05, 0) is 17.7 Å². The van der Waals surface area contributed by atoms with Crippen molar-refractivity contribution in [3.05, 3.63) is 34.7 Å². The van der Waals surface area contributed by atoms with E-state index in [0.717, 1.165) is 11.3 Å². The Balaban J connectivity index is 1.98. The summed E-state index contributed by atoms with van der Waals surface area (Å²) in [4.78, 5) is 16.5. The predicted octanol–water partition coefficient (Wildman–Crippen LogP) is 1.71. The fourth-order valence-corrected chi connectivity index (χ4v) is 2.36. The molecule has 2 aromatic rings. The number of thiazole rings is 1. The first-order chi connectivity index (χ1) is 9.63. The van der Waals surface area contributed by atoms with Crippen LogP contribution in [0.2, 0.25) is 0 Å². The van der Waals surface area contributed by atoms with Crippen molar-refractivity contribution < 1.29 is 9.53 Å². The molecule has 7 heteroatoms. The number of nitrogens with zero attached hydrogens (tertiary/aromatic N) is 1. The lowest BCUT2D eigenvalue weighted by Crippen LogP contribution is -2.22. The van der Waals surface area contributed by atoms with Crippen molar-refractivity contribution >= 4 is 28.2 Å². The Labute approximate surface area is 121 Å². The summed E-state index contributed by atoms with van der Waals surface area (Å²) in [6.07, 6.45) is 0. The lowest BCUT2D eigenvalue weighted by atomic mass is 10.2. The van der Waals surface area contributed by atoms with E-state index in [0.29, 0.717) is 16.6 Å². The number of amides is 1. The molecule has 6 nitrogen and oxygen atoms in total. The van der Waals surface area contributed by atoms with Gasteiger partial charge >= 0.3 is 0 Å². The van der Waals surface area contributed by atoms with Crippen LogP contribution in [0.3, 0.4) is 0 Å². The van der Waals surface area contributed by atoms with E-state index in [1.54, 1.807) is 14.2 Å². The highest BCUT2D eigenvalue weighted by molar-refractivity contribution is 7.18. The Morgan fingerprint density at radius 1 is 1.40 bits per heavy atom. The Morgan fingerprint density at radius 3 is 2.65 bits per heavy atom. The van der Waals surface area contributed by atoms with E-state index in [2.05, 4.69) is 15.6 Å². The SMILES string of the molecule is CNc1nc(N)c(C(=O)NCc2ccc(OC)cc2)s1. The van der Waals surface area contributed by atoms with Gasteiger partial charge in [-0.2, -0.15) is 0 Å². The molecule has 0 aliphatic heterocycles. The van der Waals surface area contributed by atoms with Crippen LogP contribution in [0.25, 0.3) is 0 Å². The topological polar surface area (TPSA) is 89.3 Å². The smallest absolute Gasteiger partial charge is 0.265 e. The number of ether oxygens (including phenoxy) is 1. The van der Waals surface area contributed by atoms with Crippen LogP contribution >= 0.6 is 11.3 Å². The highest BCUT2D eigenvalue weighted by atomic mass is 32.1. The standard InChI is InChI=1S/C13H16N4O2S/c1-15-13-17-11(14)10(20-13)12(18)16-7-8-3-5-9(19-2)6-4-8/h3-6H,7,14H2,1-2H3,(H,15,17)(H,16,18). The van der Waals surface area contributed by atoms with Gasteiger partial charge in [0, 0.05) is 13.6 Å². The summed E-state index contributed by atoms with van der Waals surface area (Å²) in [6, 6.07) is 7.49. The molecule has 0 radical (unpaired) electrons. The number of methoxy groups -OCH3 is 1. The molecule has 2 rings (SSSR count). The largest absolute Gasteiger partial charge is 0.497 e. The molecule has 1 aromatic carbocycles. The van der Waals surface area contributed by atoms with Gasteiger partial charge in [-0.15, -0.1) is 0 Å². The van der Waals surface area contributed by atoms with Gasteiger partial charge in [-0.25, -0.2) is 4.98 Å². The minimum atomic E-state index is -0.225. The summed E-state index contributed by atoms with van der Waals surface area (Å²) in [5.41, 5.74) is 6.69. The third-order valence-electron chi connectivity index (χ3n) is 2.69. The third-order valence-corrected chi connectivity index (χ3v) is 3.77. The highest BCUT2D eigenvalue weighted by Gasteiger charge is 2.15. The zero-order valence-electron chi connectivity index (χ0n) is 11.3. The van der Waals surface area contributed by atoms with Gasteiger partial charge in [0.05, 0.1) is 7.11 Å². The number of rotatable bonds is 5. The van der Waals surface area contributed by atoms with Gasteiger partial charge in [-0.3, -0.25) is 4.79 Å². The summed E-state index contributed by atoms with van der Waals surface area (Å²) >= 11 is 1.23. The number of hydrogen-bond donors (Lipinski definition) is 3. The number of nitrogens with one attached hydrogen (secondary N) is 2. The molecule has 20 heavy (non-hydrogen) atoms. The van der Waals surface area contributed by atoms with Crippen molar-refractivity contribution in [2.75, 3.05) is 25.2 Å². The second-order valence-corrected chi connectivity index (χ2v) is 5.01. The fraction of sp³-hybridized carbons (Fsp3) is 0.231. The van der Waals surface area contributed by atoms with E-state index in [-0.39, 0.29) is 11.7 Å². The first-order valence-corrected chi connectivity index (χ1v) is 6.81. The first kappa shape index (κ1) is 14.1. The van der Waals surface area contributed by atoms with E-state index < -0.39 is 0 Å². The van der Waals surface area contributed by atoms with E-state index in [1.807, 2.05) is 24.3 Å². The van der Waals surface area contributed by atoms with Crippen molar-refractivity contribution in [3.8, 4) is 5.75 Å². The number of carbonyl (C=O) groups excluding carboxylic acids is 1. The van der Waals surface area contributed by atoms with Crippen LogP contribution in [-0.4, -0.2) is 25.0 Å². The zero-order chi connectivity index (χ0) is 14.5. The maximum atomic E-state index is 12.0. The summed E-state index contributed by atoms with van der Waals surface area (Å²) < 4.78 is 5.08. The normalized spacial score (nSPS) is 10.1. The third kappa shape index (κ3) is 3.18. The minimum absolute atomic E-state index is 0.225. The van der Waals surface area contributed by atoms with Gasteiger partial charge in [0.15, 0.2) is 5.13 Å². The molecule has 4 N–H and O–H groups in total. The Morgan fingerprint density at radius 2 is 2.10 bits per heavy atom. The molecule has 0 aliphatic rings. The van der Waals surface area contributed by atoms with Crippen molar-refractivity contribution in [2.45, 2.75) is 6.54 Å². The van der Waals surface area contributed by atoms with Crippen LogP contribution in [0.4, 0.5) is 10.9 Å². The maximum absolute atomic E-state index is 12.0. The molecule has 0 fully saturated rings. The number of carbonyl (C=O) groups is 1. The molecule has 0 aliphatic carbocycles. The quantitative estimate of drug-likeness (QED) is 0.780. The molecule has 1 aromatic heterocycles. The Hall–Kier alpha value is -2.28. The molecule has 0 unspecified atom stereocenters. The molecule has 0 saturated heterocycles. The molecule has 0 saturated carbocycles. The number of benzene rings is 1. The summed E-state index contributed by atoms with van der Waals surface area (Å²) in [6.45, 7) is 0.426. The maximum Gasteiger partial charge on any atom is 0.265 e. The van der Waals surface area contributed by atoms with Crippen molar-refractivity contribution in [3.63, 3.8) is 0 Å². The molecule has 1 amide bonds. The van der Waals surface area contributed by atoms with Crippen LogP contribution in [-0.2, 0) is 6.54 Å². The summed E-state index contributed by atoms with van der Waals surface area (Å²) in [7, 11) is 3.35. The Kier molecular flexibility index (Phi) is 4.41. The number of nitrogen functional groups attached to an aromatic ring is 1. The summed E-state index contributed by atoms with van der Waals surface area (Å²) in [5.74, 6) is 0.800. The minimum Gasteiger partial charge on any atom is -0.497 e. The molecular formula is C13H16N4O2S. The van der Waals surface area contributed by atoms with E-state index in [4.69, 9.17) is 10.5 Å². The average molecular weight is 292 g/mol. The summed E-state index contributed by atoms with van der Waals surface area (Å²) in [5, 5.41) is 6.30. The molecule has 106 valence electrons. The molecule has 0 bridgehead atoms. The van der Waals surface area contributed by atoms with Gasteiger partial charge in [0.1, 0.15) is 16.4 Å². The molecular weight excluding hydrogens is 276 g/mol. The van der Waals surface area contributed by atoms with Crippen LogP contribution in [0.5, 0.6) is 5.75 Å². The molecule has 1 heterocycles. The second kappa shape index (κ2) is 6.25. The van der Waals surface area contributed by atoms with Crippen molar-refractivity contribution in [1.29, 1.82) is 0 Å². The van der Waals surface area contributed by atoms with Crippen LogP contribution in [0.15, 0.2) is 24.3 Å². The monoisotopic (exact) mass is 292 g/mol. The molecule has 0 spiro atoms. The van der Waals surface area contributed by atoms with Crippen molar-refractivity contribution in [1.82, 2.24) is 10.3 Å². The van der Waals surface area contributed by atoms with Crippen LogP contribution < -0.4 is 21.1 Å². The average Bonchev–Trinajstić information content (AvgIpc) is 2.86. The van der Waals surface area contributed by atoms with Gasteiger partial charge in [0.25, 0.3) is 5.91 Å². The van der Waals surface area contributed by atoms with Crippen LogP contribution in [0.1, 0.15) is 15.2 Å². The van der Waals surface area contributed by atoms with E-state index >= 15 is 0 Å². The van der Waals surface area contributed by atoms with E-state index in [9.17, 15) is 4.79 Å². The van der Waals surface area contributed by atoms with Gasteiger partial charge < -0.3 is 21.1 Å². The second-order valence-electron chi connectivity index (χ2n) is 4.01. The zero-order valence-corrected chi connectivity index (χ0v) is 12.1. The molecule has 0 atom stereocenters. The van der Waals surface area contributed by atoms with Gasteiger partial charge in [0.2, 0.25) is 0 Å². The highest BCUT2D eigenvalue weighted by Crippen LogP contribution is 2.24. The lowest BCUT2D eigenvalue weighted by Gasteiger charge is -2.05.